The molecular weight excluding hydrogens is 414 g/mol. The Morgan fingerprint density at radius 3 is 2.52 bits per heavy atom. The molecule has 7 nitrogen and oxygen atoms in total. The zero-order valence-corrected chi connectivity index (χ0v) is 19.3. The molecule has 170 valence electrons. The van der Waals surface area contributed by atoms with E-state index in [1.807, 2.05) is 6.92 Å². The fraction of sp³-hybridized carbons (Fsp3) is 0.652. The normalized spacial score (nSPS) is 25.3. The van der Waals surface area contributed by atoms with Crippen molar-refractivity contribution >= 4 is 27.5 Å². The van der Waals surface area contributed by atoms with Crippen LogP contribution in [-0.4, -0.2) is 49.7 Å². The van der Waals surface area contributed by atoms with Crippen molar-refractivity contribution in [2.75, 3.05) is 18.0 Å². The van der Waals surface area contributed by atoms with Gasteiger partial charge in [-0.15, -0.1) is 0 Å². The van der Waals surface area contributed by atoms with Gasteiger partial charge in [-0.25, -0.2) is 8.42 Å². The lowest BCUT2D eigenvalue weighted by atomic mass is 9.93. The van der Waals surface area contributed by atoms with E-state index in [0.717, 1.165) is 43.4 Å². The van der Waals surface area contributed by atoms with Gasteiger partial charge in [-0.3, -0.25) is 9.59 Å². The molecule has 3 aliphatic rings. The van der Waals surface area contributed by atoms with Crippen molar-refractivity contribution < 1.29 is 18.0 Å². The van der Waals surface area contributed by atoms with Crippen molar-refractivity contribution in [3.8, 4) is 0 Å². The Balaban J connectivity index is 1.48. The van der Waals surface area contributed by atoms with Crippen LogP contribution in [0.4, 0.5) is 5.69 Å². The number of sulfonamides is 1. The van der Waals surface area contributed by atoms with Gasteiger partial charge in [0, 0.05) is 37.8 Å². The summed E-state index contributed by atoms with van der Waals surface area (Å²) in [4.78, 5) is 26.7. The van der Waals surface area contributed by atoms with Gasteiger partial charge in [0.2, 0.25) is 21.8 Å². The molecule has 1 saturated carbocycles. The van der Waals surface area contributed by atoms with E-state index in [1.54, 1.807) is 23.1 Å². The van der Waals surface area contributed by atoms with Gasteiger partial charge < -0.3 is 10.2 Å². The Morgan fingerprint density at radius 1 is 1.06 bits per heavy atom. The Kier molecular flexibility index (Phi) is 6.40. The molecule has 2 aliphatic heterocycles. The minimum absolute atomic E-state index is 0.00771. The molecule has 31 heavy (non-hydrogen) atoms. The Morgan fingerprint density at radius 2 is 1.81 bits per heavy atom. The number of carbonyl (C=O) groups excluding carboxylic acids is 2. The van der Waals surface area contributed by atoms with Gasteiger partial charge in [0.1, 0.15) is 0 Å². The first-order valence-corrected chi connectivity index (χ1v) is 12.9. The van der Waals surface area contributed by atoms with Gasteiger partial charge in [-0.2, -0.15) is 4.31 Å². The number of amides is 2. The lowest BCUT2D eigenvalue weighted by Crippen LogP contribution is -2.47. The molecule has 0 radical (unpaired) electrons. The number of piperidine rings is 1. The third-order valence-corrected chi connectivity index (χ3v) is 8.81. The van der Waals surface area contributed by atoms with Crippen molar-refractivity contribution in [1.29, 1.82) is 0 Å². The summed E-state index contributed by atoms with van der Waals surface area (Å²) in [5, 5.41) is 3.16. The molecule has 1 N–H and O–H groups in total. The molecule has 0 aromatic heterocycles. The first-order valence-electron chi connectivity index (χ1n) is 11.5. The van der Waals surface area contributed by atoms with E-state index in [4.69, 9.17) is 0 Å². The summed E-state index contributed by atoms with van der Waals surface area (Å²) < 4.78 is 28.2. The Bertz CT molecular complexity index is 956. The van der Waals surface area contributed by atoms with Crippen LogP contribution >= 0.6 is 0 Å². The minimum Gasteiger partial charge on any atom is -0.353 e. The fourth-order valence-electron chi connectivity index (χ4n) is 5.34. The van der Waals surface area contributed by atoms with Gasteiger partial charge >= 0.3 is 0 Å². The summed E-state index contributed by atoms with van der Waals surface area (Å²) >= 11 is 0. The van der Waals surface area contributed by atoms with E-state index < -0.39 is 10.0 Å². The molecule has 0 unspecified atom stereocenters. The summed E-state index contributed by atoms with van der Waals surface area (Å²) in [6.45, 7) is 4.16. The number of fused-ring (bicyclic) bond motifs is 1. The molecule has 2 atom stereocenters. The number of nitrogens with one attached hydrogen (secondary N) is 1. The summed E-state index contributed by atoms with van der Waals surface area (Å²) in [7, 11) is -3.69. The van der Waals surface area contributed by atoms with Crippen molar-refractivity contribution in [3.63, 3.8) is 0 Å². The van der Waals surface area contributed by atoms with Crippen molar-refractivity contribution in [2.24, 2.45) is 5.92 Å². The van der Waals surface area contributed by atoms with Crippen LogP contribution in [0.3, 0.4) is 0 Å². The molecule has 1 saturated heterocycles. The standard InChI is InChI=1S/C23H33N3O4S/c1-16-13-19-14-21(10-11-22(19)26(16)17(2)27)31(29,30)25-12-6-7-18(15-25)23(28)24-20-8-4-3-5-9-20/h10-11,14,16,18,20H,3-9,12-13,15H2,1-2H3,(H,24,28)/t16-,18-/m0/s1. The molecule has 4 rings (SSSR count). The van der Waals surface area contributed by atoms with Crippen LogP contribution in [0, 0.1) is 5.92 Å². The van der Waals surface area contributed by atoms with E-state index in [1.165, 1.54) is 17.6 Å². The molecule has 0 bridgehead atoms. The van der Waals surface area contributed by atoms with Crippen molar-refractivity contribution in [2.45, 2.75) is 82.2 Å². The number of hydrogen-bond acceptors (Lipinski definition) is 4. The van der Waals surface area contributed by atoms with E-state index in [-0.39, 0.29) is 41.3 Å². The third-order valence-electron chi connectivity index (χ3n) is 6.95. The molecule has 2 fully saturated rings. The van der Waals surface area contributed by atoms with Gasteiger partial charge in [0.25, 0.3) is 0 Å². The van der Waals surface area contributed by atoms with Crippen LogP contribution in [0.15, 0.2) is 23.1 Å². The molecule has 2 amide bonds. The SMILES string of the molecule is CC(=O)N1c2ccc(S(=O)(=O)N3CCC[C@H](C(=O)NC4CCCCC4)C3)cc2C[C@@H]1C. The highest BCUT2D eigenvalue weighted by Crippen LogP contribution is 2.35. The van der Waals surface area contributed by atoms with Crippen LogP contribution in [0.25, 0.3) is 0 Å². The second-order valence-corrected chi connectivity index (χ2v) is 11.2. The maximum Gasteiger partial charge on any atom is 0.243 e. The largest absolute Gasteiger partial charge is 0.353 e. The maximum atomic E-state index is 13.4. The lowest BCUT2D eigenvalue weighted by molar-refractivity contribution is -0.127. The summed E-state index contributed by atoms with van der Waals surface area (Å²) in [6.07, 6.45) is 7.61. The summed E-state index contributed by atoms with van der Waals surface area (Å²) in [5.74, 6) is -0.343. The smallest absolute Gasteiger partial charge is 0.243 e. The zero-order valence-electron chi connectivity index (χ0n) is 18.5. The summed E-state index contributed by atoms with van der Waals surface area (Å²) in [6, 6.07) is 5.29. The lowest BCUT2D eigenvalue weighted by Gasteiger charge is -2.33. The topological polar surface area (TPSA) is 86.8 Å². The van der Waals surface area contributed by atoms with Crippen LogP contribution in [0.2, 0.25) is 0 Å². The molecule has 0 spiro atoms. The van der Waals surface area contributed by atoms with Crippen LogP contribution in [0.5, 0.6) is 0 Å². The second kappa shape index (κ2) is 8.90. The monoisotopic (exact) mass is 447 g/mol. The highest BCUT2D eigenvalue weighted by Gasteiger charge is 2.36. The summed E-state index contributed by atoms with van der Waals surface area (Å²) in [5.41, 5.74) is 1.68. The minimum atomic E-state index is -3.69. The van der Waals surface area contributed by atoms with Crippen LogP contribution in [0.1, 0.15) is 64.4 Å². The zero-order chi connectivity index (χ0) is 22.2. The number of rotatable bonds is 4. The Labute approximate surface area is 185 Å². The quantitative estimate of drug-likeness (QED) is 0.769. The highest BCUT2D eigenvalue weighted by atomic mass is 32.2. The Hall–Kier alpha value is -1.93. The maximum absolute atomic E-state index is 13.4. The molecule has 2 heterocycles. The van der Waals surface area contributed by atoms with Gasteiger partial charge in [0.05, 0.1) is 10.8 Å². The van der Waals surface area contributed by atoms with Crippen molar-refractivity contribution in [3.05, 3.63) is 23.8 Å². The molecule has 8 heteroatoms. The fourth-order valence-corrected chi connectivity index (χ4v) is 6.91. The first kappa shape index (κ1) is 22.3. The second-order valence-electron chi connectivity index (χ2n) is 9.28. The van der Waals surface area contributed by atoms with E-state index in [0.29, 0.717) is 19.4 Å². The average molecular weight is 448 g/mol. The van der Waals surface area contributed by atoms with Crippen LogP contribution < -0.4 is 10.2 Å². The number of nitrogens with zero attached hydrogens (tertiary/aromatic N) is 2. The third kappa shape index (κ3) is 4.51. The van der Waals surface area contributed by atoms with Gasteiger partial charge in [-0.1, -0.05) is 19.3 Å². The van der Waals surface area contributed by atoms with Gasteiger partial charge in [-0.05, 0) is 62.8 Å². The van der Waals surface area contributed by atoms with Crippen LogP contribution in [-0.2, 0) is 26.0 Å². The van der Waals surface area contributed by atoms with E-state index >= 15 is 0 Å². The predicted octanol–water partition coefficient (Wildman–Crippen LogP) is 2.83. The molecule has 1 aromatic rings. The molecule has 1 aromatic carbocycles. The number of hydrogen-bond donors (Lipinski definition) is 1. The van der Waals surface area contributed by atoms with E-state index in [9.17, 15) is 18.0 Å². The van der Waals surface area contributed by atoms with E-state index in [2.05, 4.69) is 5.32 Å². The molecule has 1 aliphatic carbocycles. The number of anilines is 1. The first-order chi connectivity index (χ1) is 14.8. The number of benzene rings is 1. The average Bonchev–Trinajstić information content (AvgIpc) is 3.09. The highest BCUT2D eigenvalue weighted by molar-refractivity contribution is 7.89. The number of carbonyl (C=O) groups is 2. The predicted molar refractivity (Wildman–Crippen MR) is 119 cm³/mol. The molecular formula is C23H33N3O4S. The van der Waals surface area contributed by atoms with Crippen molar-refractivity contribution in [1.82, 2.24) is 9.62 Å². The van der Waals surface area contributed by atoms with Gasteiger partial charge in [0.15, 0.2) is 0 Å².